The van der Waals surface area contributed by atoms with Gasteiger partial charge in [0.25, 0.3) is 5.91 Å². The number of carbonyl (C=O) groups excluding carboxylic acids is 1. The van der Waals surface area contributed by atoms with E-state index in [9.17, 15) is 20.0 Å². The van der Waals surface area contributed by atoms with E-state index in [-0.39, 0.29) is 41.7 Å². The third-order valence-electron chi connectivity index (χ3n) is 8.93. The number of rotatable bonds is 7. The Kier molecular flexibility index (Phi) is 8.62. The lowest BCUT2D eigenvalue weighted by molar-refractivity contribution is -0.128. The summed E-state index contributed by atoms with van der Waals surface area (Å²) in [6.07, 6.45) is 5.34. The first-order valence-electron chi connectivity index (χ1n) is 15.6. The predicted octanol–water partition coefficient (Wildman–Crippen LogP) is 3.81. The number of nitrogens with two attached hydrogens (primary N) is 1. The highest BCUT2D eigenvalue weighted by Gasteiger charge is 2.34. The highest BCUT2D eigenvalue weighted by molar-refractivity contribution is 5.97. The number of benzene rings is 2. The molecule has 1 atom stereocenters. The molecule has 2 aromatic carbocycles. The van der Waals surface area contributed by atoms with Gasteiger partial charge in [0, 0.05) is 31.7 Å². The number of hydrogen-bond donors (Lipinski definition) is 2. The Morgan fingerprint density at radius 3 is 2.43 bits per heavy atom. The maximum atomic E-state index is 14.1. The topological polar surface area (TPSA) is 156 Å². The second-order valence-corrected chi connectivity index (χ2v) is 12.4. The van der Waals surface area contributed by atoms with E-state index in [2.05, 4.69) is 20.9 Å². The van der Waals surface area contributed by atoms with E-state index in [0.717, 1.165) is 0 Å². The van der Waals surface area contributed by atoms with E-state index < -0.39 is 5.54 Å². The van der Waals surface area contributed by atoms with Gasteiger partial charge in [-0.2, -0.15) is 5.26 Å². The molecule has 0 spiro atoms. The van der Waals surface area contributed by atoms with Gasteiger partial charge in [-0.15, -0.1) is 0 Å². The molecule has 0 bridgehead atoms. The second kappa shape index (κ2) is 12.8. The number of likely N-dealkylation sites (tertiary alicyclic amines) is 2. The van der Waals surface area contributed by atoms with Crippen molar-refractivity contribution in [3.63, 3.8) is 0 Å². The number of aromatic nitrogens is 4. The minimum atomic E-state index is -0.545. The number of nitrogen functional groups attached to an aromatic ring is 1. The molecular formula is C34H38N8O4. The molecule has 2 aromatic heterocycles. The Hall–Kier alpha value is -4.99. The van der Waals surface area contributed by atoms with Gasteiger partial charge in [-0.3, -0.25) is 18.8 Å². The zero-order chi connectivity index (χ0) is 32.4. The summed E-state index contributed by atoms with van der Waals surface area (Å²) in [5.41, 5.74) is 6.84. The summed E-state index contributed by atoms with van der Waals surface area (Å²) >= 11 is 0. The number of piperidine rings is 2. The van der Waals surface area contributed by atoms with E-state index in [1.807, 2.05) is 44.2 Å². The SMILES string of the molecule is CC(C)(C=C(C#N)C(=O)N1CCCC(n2c(=O)n(-c3ccc(Oc4ccccc4)cc3)c3c(N)ncnc32)C1)N1CCC(O)CC1. The summed E-state index contributed by atoms with van der Waals surface area (Å²) in [6.45, 7) is 6.04. The summed E-state index contributed by atoms with van der Waals surface area (Å²) in [5, 5.41) is 20.0. The number of amides is 1. The maximum absolute atomic E-state index is 14.1. The van der Waals surface area contributed by atoms with Crippen LogP contribution in [0.15, 0.2) is 77.4 Å². The molecule has 12 nitrogen and oxygen atoms in total. The van der Waals surface area contributed by atoms with Crippen molar-refractivity contribution in [1.29, 1.82) is 5.26 Å². The standard InChI is InChI=1S/C34H38N8O4/c1-34(2,40-17-14-26(43)15-18-40)19-23(20-35)32(44)39-16-6-7-25(21-39)42-31-29(30(36)37-22-38-31)41(33(42)45)24-10-12-28(13-11-24)46-27-8-4-3-5-9-27/h3-5,8-13,19,22,25-26,43H,6-7,14-18,21H2,1-2H3,(H2,36,37,38). The van der Waals surface area contributed by atoms with Crippen LogP contribution < -0.4 is 16.2 Å². The number of anilines is 1. The van der Waals surface area contributed by atoms with Crippen LogP contribution in [0.1, 0.15) is 45.6 Å². The largest absolute Gasteiger partial charge is 0.457 e. The van der Waals surface area contributed by atoms with Crippen LogP contribution in [0.5, 0.6) is 11.5 Å². The van der Waals surface area contributed by atoms with Crippen molar-refractivity contribution in [2.24, 2.45) is 0 Å². The second-order valence-electron chi connectivity index (χ2n) is 12.4. The van der Waals surface area contributed by atoms with Crippen molar-refractivity contribution < 1.29 is 14.6 Å². The molecule has 4 heterocycles. The Balaban J connectivity index is 1.28. The van der Waals surface area contributed by atoms with Crippen molar-refractivity contribution in [3.8, 4) is 23.3 Å². The number of hydrogen-bond acceptors (Lipinski definition) is 9. The first kappa shape index (κ1) is 31.0. The van der Waals surface area contributed by atoms with Gasteiger partial charge in [0.1, 0.15) is 35.0 Å². The number of nitrogens with zero attached hydrogens (tertiary/aromatic N) is 7. The number of aliphatic hydroxyl groups excluding tert-OH is 1. The van der Waals surface area contributed by atoms with Gasteiger partial charge in [-0.25, -0.2) is 14.8 Å². The zero-order valence-corrected chi connectivity index (χ0v) is 26.0. The number of imidazole rings is 1. The molecule has 0 aliphatic carbocycles. The third-order valence-corrected chi connectivity index (χ3v) is 8.93. The number of aliphatic hydroxyl groups is 1. The van der Waals surface area contributed by atoms with Crippen molar-refractivity contribution in [1.82, 2.24) is 28.9 Å². The lowest BCUT2D eigenvalue weighted by atomic mass is 9.94. The molecule has 6 rings (SSSR count). The zero-order valence-electron chi connectivity index (χ0n) is 26.0. The fourth-order valence-corrected chi connectivity index (χ4v) is 6.47. The smallest absolute Gasteiger partial charge is 0.335 e. The summed E-state index contributed by atoms with van der Waals surface area (Å²) in [4.78, 5) is 40.3. The Morgan fingerprint density at radius 2 is 1.74 bits per heavy atom. The van der Waals surface area contributed by atoms with Gasteiger partial charge < -0.3 is 20.5 Å². The molecule has 4 aromatic rings. The summed E-state index contributed by atoms with van der Waals surface area (Å²) in [6, 6.07) is 18.3. The van der Waals surface area contributed by atoms with Crippen LogP contribution in [0, 0.1) is 11.3 Å². The van der Waals surface area contributed by atoms with Gasteiger partial charge >= 0.3 is 5.69 Å². The molecule has 238 valence electrons. The number of fused-ring (bicyclic) bond motifs is 1. The lowest BCUT2D eigenvalue weighted by Gasteiger charge is -2.40. The minimum Gasteiger partial charge on any atom is -0.457 e. The number of para-hydroxylation sites is 1. The monoisotopic (exact) mass is 622 g/mol. The summed E-state index contributed by atoms with van der Waals surface area (Å²) in [5.74, 6) is 1.11. The van der Waals surface area contributed by atoms with Crippen molar-refractivity contribution in [2.45, 2.75) is 57.2 Å². The van der Waals surface area contributed by atoms with Crippen LogP contribution >= 0.6 is 0 Å². The third kappa shape index (κ3) is 6.11. The first-order valence-corrected chi connectivity index (χ1v) is 15.6. The lowest BCUT2D eigenvalue weighted by Crippen LogP contribution is -2.49. The van der Waals surface area contributed by atoms with Crippen LogP contribution in [0.25, 0.3) is 16.9 Å². The maximum Gasteiger partial charge on any atom is 0.335 e. The van der Waals surface area contributed by atoms with Crippen LogP contribution in [-0.2, 0) is 4.79 Å². The van der Waals surface area contributed by atoms with E-state index >= 15 is 0 Å². The molecule has 1 unspecified atom stereocenters. The molecule has 12 heteroatoms. The quantitative estimate of drug-likeness (QED) is 0.231. The van der Waals surface area contributed by atoms with Crippen molar-refractivity contribution in [2.75, 3.05) is 31.9 Å². The van der Waals surface area contributed by atoms with Crippen molar-refractivity contribution >= 4 is 22.9 Å². The summed E-state index contributed by atoms with van der Waals surface area (Å²) < 4.78 is 9.02. The van der Waals surface area contributed by atoms with E-state index in [1.54, 1.807) is 39.8 Å². The number of carbonyl (C=O) groups is 1. The van der Waals surface area contributed by atoms with Crippen LogP contribution in [0.2, 0.25) is 0 Å². The van der Waals surface area contributed by atoms with E-state index in [0.29, 0.717) is 73.7 Å². The Labute approximate surface area is 267 Å². The highest BCUT2D eigenvalue weighted by Crippen LogP contribution is 2.30. The molecule has 2 fully saturated rings. The van der Waals surface area contributed by atoms with Gasteiger partial charge in [0.15, 0.2) is 11.5 Å². The van der Waals surface area contributed by atoms with Crippen molar-refractivity contribution in [3.05, 3.63) is 83.1 Å². The van der Waals surface area contributed by atoms with Gasteiger partial charge in [-0.1, -0.05) is 18.2 Å². The fraction of sp³-hybridized carbons (Fsp3) is 0.382. The average molecular weight is 623 g/mol. The van der Waals surface area contributed by atoms with Gasteiger partial charge in [0.05, 0.1) is 17.8 Å². The molecule has 2 aliphatic heterocycles. The van der Waals surface area contributed by atoms with Crippen LogP contribution in [-0.4, -0.2) is 77.7 Å². The molecule has 1 amide bonds. The molecule has 0 saturated carbocycles. The van der Waals surface area contributed by atoms with Gasteiger partial charge in [-0.05, 0) is 82.0 Å². The normalized spacial score (nSPS) is 18.4. The predicted molar refractivity (Wildman–Crippen MR) is 173 cm³/mol. The molecule has 2 saturated heterocycles. The van der Waals surface area contributed by atoms with E-state index in [1.165, 1.54) is 10.9 Å². The van der Waals surface area contributed by atoms with E-state index in [4.69, 9.17) is 10.5 Å². The average Bonchev–Trinajstić information content (AvgIpc) is 3.37. The summed E-state index contributed by atoms with van der Waals surface area (Å²) in [7, 11) is 0. The van der Waals surface area contributed by atoms with Crippen LogP contribution in [0.4, 0.5) is 5.82 Å². The molecule has 46 heavy (non-hydrogen) atoms. The van der Waals surface area contributed by atoms with Gasteiger partial charge in [0.2, 0.25) is 0 Å². The Bertz CT molecular complexity index is 1850. The molecule has 0 radical (unpaired) electrons. The number of nitriles is 1. The molecule has 2 aliphatic rings. The first-order chi connectivity index (χ1) is 22.2. The fourth-order valence-electron chi connectivity index (χ4n) is 6.47. The molecule has 3 N–H and O–H groups in total. The minimum absolute atomic E-state index is 0.0657. The van der Waals surface area contributed by atoms with Crippen LogP contribution in [0.3, 0.4) is 0 Å². The highest BCUT2D eigenvalue weighted by atomic mass is 16.5. The molecular weight excluding hydrogens is 584 g/mol. The number of ether oxygens (including phenoxy) is 1. The Morgan fingerprint density at radius 1 is 1.04 bits per heavy atom.